The standard InChI is InChI=1S/C19H13F2N3O/c1-24-10-13-3-2-11(12-4-6-16(20)22-9-12)8-15(13)14-5-7-17(21)23-18(14)19(24)25/h2-9H,10H2,1H3. The summed E-state index contributed by atoms with van der Waals surface area (Å²) in [6.07, 6.45) is 1.45. The first-order chi connectivity index (χ1) is 12.0. The van der Waals surface area contributed by atoms with Crippen molar-refractivity contribution in [2.24, 2.45) is 0 Å². The predicted molar refractivity (Wildman–Crippen MR) is 88.6 cm³/mol. The van der Waals surface area contributed by atoms with E-state index in [9.17, 15) is 13.6 Å². The third-order valence-corrected chi connectivity index (χ3v) is 4.28. The Kier molecular flexibility index (Phi) is 3.53. The Hall–Kier alpha value is -3.15. The quantitative estimate of drug-likeness (QED) is 0.637. The monoisotopic (exact) mass is 337 g/mol. The van der Waals surface area contributed by atoms with Gasteiger partial charge in [0.05, 0.1) is 0 Å². The van der Waals surface area contributed by atoms with Gasteiger partial charge in [-0.2, -0.15) is 8.78 Å². The average Bonchev–Trinajstić information content (AvgIpc) is 2.71. The van der Waals surface area contributed by atoms with Crippen molar-refractivity contribution in [1.29, 1.82) is 0 Å². The Morgan fingerprint density at radius 1 is 0.960 bits per heavy atom. The van der Waals surface area contributed by atoms with Crippen molar-refractivity contribution in [1.82, 2.24) is 14.9 Å². The molecule has 2 aromatic heterocycles. The maximum Gasteiger partial charge on any atom is 0.273 e. The second kappa shape index (κ2) is 5.73. The van der Waals surface area contributed by atoms with E-state index >= 15 is 0 Å². The molecular weight excluding hydrogens is 324 g/mol. The van der Waals surface area contributed by atoms with E-state index in [1.807, 2.05) is 18.2 Å². The number of hydrogen-bond donors (Lipinski definition) is 0. The van der Waals surface area contributed by atoms with E-state index in [2.05, 4.69) is 9.97 Å². The number of amides is 1. The highest BCUT2D eigenvalue weighted by Gasteiger charge is 2.25. The van der Waals surface area contributed by atoms with Crippen molar-refractivity contribution >= 4 is 5.91 Å². The van der Waals surface area contributed by atoms with Crippen LogP contribution in [0.2, 0.25) is 0 Å². The summed E-state index contributed by atoms with van der Waals surface area (Å²) in [7, 11) is 1.66. The maximum atomic E-state index is 13.6. The topological polar surface area (TPSA) is 46.1 Å². The van der Waals surface area contributed by atoms with Crippen molar-refractivity contribution in [3.63, 3.8) is 0 Å². The van der Waals surface area contributed by atoms with Gasteiger partial charge in [0.25, 0.3) is 5.91 Å². The Morgan fingerprint density at radius 3 is 2.48 bits per heavy atom. The number of benzene rings is 1. The van der Waals surface area contributed by atoms with Gasteiger partial charge < -0.3 is 4.90 Å². The molecule has 0 radical (unpaired) electrons. The van der Waals surface area contributed by atoms with Crippen LogP contribution in [0.1, 0.15) is 16.1 Å². The molecule has 1 aliphatic heterocycles. The molecule has 124 valence electrons. The average molecular weight is 337 g/mol. The minimum absolute atomic E-state index is 0.0932. The second-order valence-electron chi connectivity index (χ2n) is 5.93. The van der Waals surface area contributed by atoms with Crippen LogP contribution in [0.4, 0.5) is 8.78 Å². The van der Waals surface area contributed by atoms with E-state index in [0.29, 0.717) is 12.1 Å². The fraction of sp³-hybridized carbons (Fsp3) is 0.105. The number of nitrogens with zero attached hydrogens (tertiary/aromatic N) is 3. The number of rotatable bonds is 1. The Balaban J connectivity index is 1.93. The van der Waals surface area contributed by atoms with Gasteiger partial charge in [-0.1, -0.05) is 12.1 Å². The molecule has 0 aliphatic carbocycles. The number of pyridine rings is 2. The summed E-state index contributed by atoms with van der Waals surface area (Å²) in [6.45, 7) is 0.397. The van der Waals surface area contributed by atoms with Gasteiger partial charge in [-0.05, 0) is 47.0 Å². The summed E-state index contributed by atoms with van der Waals surface area (Å²) in [6, 6.07) is 11.5. The highest BCUT2D eigenvalue weighted by atomic mass is 19.1. The van der Waals surface area contributed by atoms with E-state index in [1.165, 1.54) is 23.2 Å². The summed E-state index contributed by atoms with van der Waals surface area (Å²) in [5.74, 6) is -1.56. The SMILES string of the molecule is CN1Cc2ccc(-c3ccc(F)nc3)cc2-c2ccc(F)nc2C1=O. The molecule has 0 unspecified atom stereocenters. The van der Waals surface area contributed by atoms with Gasteiger partial charge in [0, 0.05) is 30.9 Å². The molecule has 0 fully saturated rings. The van der Waals surface area contributed by atoms with Gasteiger partial charge in [-0.15, -0.1) is 0 Å². The van der Waals surface area contributed by atoms with E-state index in [4.69, 9.17) is 0 Å². The van der Waals surface area contributed by atoms with Crippen LogP contribution in [0.15, 0.2) is 48.7 Å². The molecule has 4 nitrogen and oxygen atoms in total. The third kappa shape index (κ3) is 2.65. The lowest BCUT2D eigenvalue weighted by Crippen LogP contribution is -2.25. The Bertz CT molecular complexity index is 986. The lowest BCUT2D eigenvalue weighted by atomic mass is 9.95. The summed E-state index contributed by atoms with van der Waals surface area (Å²) < 4.78 is 26.6. The zero-order valence-electron chi connectivity index (χ0n) is 13.3. The van der Waals surface area contributed by atoms with Gasteiger partial charge in [-0.3, -0.25) is 4.79 Å². The van der Waals surface area contributed by atoms with Crippen LogP contribution >= 0.6 is 0 Å². The van der Waals surface area contributed by atoms with Crippen molar-refractivity contribution < 1.29 is 13.6 Å². The lowest BCUT2D eigenvalue weighted by Gasteiger charge is -2.14. The first-order valence-electron chi connectivity index (χ1n) is 7.70. The Morgan fingerprint density at radius 2 is 1.72 bits per heavy atom. The molecule has 6 heteroatoms. The highest BCUT2D eigenvalue weighted by Crippen LogP contribution is 2.34. The van der Waals surface area contributed by atoms with Crippen LogP contribution in [0.5, 0.6) is 0 Å². The molecule has 0 N–H and O–H groups in total. The molecule has 4 rings (SSSR count). The van der Waals surface area contributed by atoms with Crippen molar-refractivity contribution in [2.45, 2.75) is 6.54 Å². The molecule has 3 heterocycles. The zero-order valence-corrected chi connectivity index (χ0v) is 13.3. The van der Waals surface area contributed by atoms with Gasteiger partial charge in [0.1, 0.15) is 5.69 Å². The first kappa shape index (κ1) is 15.4. The molecule has 0 atom stereocenters. The van der Waals surface area contributed by atoms with Crippen LogP contribution in [-0.4, -0.2) is 27.8 Å². The van der Waals surface area contributed by atoms with Gasteiger partial charge >= 0.3 is 0 Å². The second-order valence-corrected chi connectivity index (χ2v) is 5.93. The van der Waals surface area contributed by atoms with Crippen molar-refractivity contribution in [3.05, 3.63) is 71.8 Å². The largest absolute Gasteiger partial charge is 0.336 e. The fourth-order valence-corrected chi connectivity index (χ4v) is 3.02. The summed E-state index contributed by atoms with van der Waals surface area (Å²) >= 11 is 0. The molecular formula is C19H13F2N3O. The normalized spacial score (nSPS) is 13.2. The number of fused-ring (bicyclic) bond motifs is 3. The van der Waals surface area contributed by atoms with E-state index in [-0.39, 0.29) is 11.6 Å². The maximum absolute atomic E-state index is 13.6. The van der Waals surface area contributed by atoms with E-state index in [0.717, 1.165) is 22.3 Å². The van der Waals surface area contributed by atoms with Crippen LogP contribution < -0.4 is 0 Å². The molecule has 1 aliphatic rings. The summed E-state index contributed by atoms with van der Waals surface area (Å²) in [5, 5.41) is 0. The number of carbonyl (C=O) groups is 1. The summed E-state index contributed by atoms with van der Waals surface area (Å²) in [4.78, 5) is 21.5. The Labute approximate surface area is 142 Å². The van der Waals surface area contributed by atoms with Gasteiger partial charge in [-0.25, -0.2) is 9.97 Å². The molecule has 0 spiro atoms. The minimum Gasteiger partial charge on any atom is -0.336 e. The highest BCUT2D eigenvalue weighted by molar-refractivity contribution is 6.00. The number of halogens is 2. The summed E-state index contributed by atoms with van der Waals surface area (Å²) in [5.41, 5.74) is 4.01. The molecule has 1 amide bonds. The van der Waals surface area contributed by atoms with Crippen LogP contribution in [0.3, 0.4) is 0 Å². The molecule has 0 bridgehead atoms. The van der Waals surface area contributed by atoms with Crippen LogP contribution in [0.25, 0.3) is 22.3 Å². The smallest absolute Gasteiger partial charge is 0.273 e. The fourth-order valence-electron chi connectivity index (χ4n) is 3.02. The van der Waals surface area contributed by atoms with Gasteiger partial charge in [0.15, 0.2) is 0 Å². The molecule has 0 saturated carbocycles. The zero-order chi connectivity index (χ0) is 17.6. The van der Waals surface area contributed by atoms with E-state index in [1.54, 1.807) is 19.2 Å². The van der Waals surface area contributed by atoms with E-state index < -0.39 is 11.9 Å². The number of hydrogen-bond acceptors (Lipinski definition) is 3. The molecule has 25 heavy (non-hydrogen) atoms. The minimum atomic E-state index is -0.692. The first-order valence-corrected chi connectivity index (χ1v) is 7.70. The van der Waals surface area contributed by atoms with Crippen molar-refractivity contribution in [3.8, 4) is 22.3 Å². The molecule has 0 saturated heterocycles. The van der Waals surface area contributed by atoms with Crippen LogP contribution in [-0.2, 0) is 6.54 Å². The molecule has 1 aromatic carbocycles. The van der Waals surface area contributed by atoms with Crippen LogP contribution in [0, 0.1) is 11.9 Å². The lowest BCUT2D eigenvalue weighted by molar-refractivity contribution is 0.0781. The molecule has 3 aromatic rings. The van der Waals surface area contributed by atoms with Crippen molar-refractivity contribution in [2.75, 3.05) is 7.05 Å². The number of aromatic nitrogens is 2. The van der Waals surface area contributed by atoms with Gasteiger partial charge in [0.2, 0.25) is 11.9 Å². The predicted octanol–water partition coefficient (Wildman–Crippen LogP) is 3.67. The third-order valence-electron chi connectivity index (χ3n) is 4.28. The number of carbonyl (C=O) groups excluding carboxylic acids is 1.